The molecule has 1 aromatic carbocycles. The number of benzene rings is 1. The minimum Gasteiger partial charge on any atom is -0.462 e. The Balaban J connectivity index is 1.66. The third kappa shape index (κ3) is 4.32. The van der Waals surface area contributed by atoms with E-state index in [4.69, 9.17) is 4.42 Å². The smallest absolute Gasteiger partial charge is 0.130 e. The Morgan fingerprint density at radius 3 is 2.32 bits per heavy atom. The Bertz CT molecular complexity index is 1090. The van der Waals surface area contributed by atoms with Gasteiger partial charge in [0.1, 0.15) is 11.5 Å². The molecule has 1 unspecified atom stereocenters. The molecule has 1 atom stereocenters. The average Bonchev–Trinajstić information content (AvgIpc) is 3.35. The van der Waals surface area contributed by atoms with Crippen LogP contribution in [-0.2, 0) is 0 Å². The van der Waals surface area contributed by atoms with E-state index in [0.717, 1.165) is 30.8 Å². The minimum absolute atomic E-state index is 0.256. The van der Waals surface area contributed by atoms with E-state index in [0.29, 0.717) is 5.92 Å². The van der Waals surface area contributed by atoms with Gasteiger partial charge in [-0.1, -0.05) is 86.6 Å². The van der Waals surface area contributed by atoms with Gasteiger partial charge < -0.3 is 4.42 Å². The summed E-state index contributed by atoms with van der Waals surface area (Å²) >= 11 is 0. The number of hydrogen-bond acceptors (Lipinski definition) is 1. The van der Waals surface area contributed by atoms with E-state index in [1.165, 1.54) is 22.3 Å². The van der Waals surface area contributed by atoms with E-state index in [2.05, 4.69) is 89.8 Å². The van der Waals surface area contributed by atoms with Crippen molar-refractivity contribution in [2.24, 2.45) is 5.41 Å². The van der Waals surface area contributed by atoms with Crippen LogP contribution < -0.4 is 5.19 Å². The molecule has 2 aliphatic rings. The van der Waals surface area contributed by atoms with Crippen LogP contribution in [0.15, 0.2) is 57.5 Å². The fourth-order valence-corrected chi connectivity index (χ4v) is 6.76. The first-order valence-corrected chi connectivity index (χ1v) is 15.3. The standard InChI is InChI=1S/C29H38OSi/c1-19-16-22(29(3,4)5)17-21(19)13-14-24-23-10-9-11-28(31(6,7)8)26(23)18-25(24)27-15-12-20(2)30-27/h9-12,15-16,18,24H,13-14,17H2,1-8H3. The predicted octanol–water partition coefficient (Wildman–Crippen LogP) is 8.24. The van der Waals surface area contributed by atoms with E-state index in [1.54, 1.807) is 16.3 Å². The third-order valence-corrected chi connectivity index (χ3v) is 9.13. The maximum atomic E-state index is 6.13. The highest BCUT2D eigenvalue weighted by molar-refractivity contribution is 6.89. The lowest BCUT2D eigenvalue weighted by molar-refractivity contribution is 0.492. The molecule has 2 aliphatic carbocycles. The molecule has 0 radical (unpaired) electrons. The molecule has 1 heterocycles. The maximum Gasteiger partial charge on any atom is 0.130 e. The summed E-state index contributed by atoms with van der Waals surface area (Å²) in [5.74, 6) is 2.45. The summed E-state index contributed by atoms with van der Waals surface area (Å²) in [5.41, 5.74) is 9.28. The molecule has 31 heavy (non-hydrogen) atoms. The lowest BCUT2D eigenvalue weighted by Crippen LogP contribution is -2.39. The van der Waals surface area contributed by atoms with Gasteiger partial charge in [-0.25, -0.2) is 0 Å². The normalized spacial score (nSPS) is 19.0. The van der Waals surface area contributed by atoms with Gasteiger partial charge in [0.2, 0.25) is 0 Å². The molecular weight excluding hydrogens is 392 g/mol. The molecule has 0 N–H and O–H groups in total. The summed E-state index contributed by atoms with van der Waals surface area (Å²) in [6.07, 6.45) is 8.32. The number of rotatable bonds is 5. The molecule has 0 fully saturated rings. The highest BCUT2D eigenvalue weighted by atomic mass is 28.3. The van der Waals surface area contributed by atoms with Crippen molar-refractivity contribution in [3.05, 3.63) is 75.8 Å². The van der Waals surface area contributed by atoms with Crippen LogP contribution in [0.4, 0.5) is 0 Å². The Kier molecular flexibility index (Phi) is 5.58. The number of hydrogen-bond donors (Lipinski definition) is 0. The lowest BCUT2D eigenvalue weighted by atomic mass is 9.83. The summed E-state index contributed by atoms with van der Waals surface area (Å²) in [4.78, 5) is 0. The van der Waals surface area contributed by atoms with Crippen molar-refractivity contribution in [2.75, 3.05) is 0 Å². The summed E-state index contributed by atoms with van der Waals surface area (Å²) in [5, 5.41) is 1.57. The van der Waals surface area contributed by atoms with Crippen molar-refractivity contribution in [3.63, 3.8) is 0 Å². The second-order valence-electron chi connectivity index (χ2n) is 11.5. The quantitative estimate of drug-likeness (QED) is 0.435. The molecular formula is C29H38OSi. The first-order valence-electron chi connectivity index (χ1n) is 11.8. The second-order valence-corrected chi connectivity index (χ2v) is 16.6. The molecule has 2 aromatic rings. The van der Waals surface area contributed by atoms with Crippen molar-refractivity contribution in [1.82, 2.24) is 0 Å². The molecule has 0 amide bonds. The number of fused-ring (bicyclic) bond motifs is 1. The zero-order valence-electron chi connectivity index (χ0n) is 20.6. The van der Waals surface area contributed by atoms with Crippen LogP contribution >= 0.6 is 0 Å². The van der Waals surface area contributed by atoms with Crippen molar-refractivity contribution in [2.45, 2.75) is 79.4 Å². The van der Waals surface area contributed by atoms with Gasteiger partial charge >= 0.3 is 0 Å². The van der Waals surface area contributed by atoms with Gasteiger partial charge in [0, 0.05) is 11.5 Å². The number of furan rings is 1. The maximum absolute atomic E-state index is 6.13. The Morgan fingerprint density at radius 2 is 1.74 bits per heavy atom. The van der Waals surface area contributed by atoms with Crippen LogP contribution in [0.25, 0.3) is 11.6 Å². The Hall–Kier alpha value is -2.06. The van der Waals surface area contributed by atoms with Gasteiger partial charge in [0.05, 0.1) is 8.07 Å². The highest BCUT2D eigenvalue weighted by Crippen LogP contribution is 2.47. The SMILES string of the molecule is CC1=C(CCC2C(c3ccc(C)o3)=Cc3c2cccc3[Si](C)(C)C)CC(C(C)(C)C)=C1. The van der Waals surface area contributed by atoms with Crippen molar-refractivity contribution >= 4 is 24.9 Å². The highest BCUT2D eigenvalue weighted by Gasteiger charge is 2.33. The second kappa shape index (κ2) is 7.81. The Labute approximate surface area is 190 Å². The van der Waals surface area contributed by atoms with Gasteiger partial charge in [-0.05, 0) is 67.9 Å². The van der Waals surface area contributed by atoms with Crippen LogP contribution in [0, 0.1) is 12.3 Å². The zero-order valence-corrected chi connectivity index (χ0v) is 21.6. The summed E-state index contributed by atoms with van der Waals surface area (Å²) in [7, 11) is -1.43. The van der Waals surface area contributed by atoms with Crippen LogP contribution in [0.2, 0.25) is 19.6 Å². The molecule has 1 aromatic heterocycles. The van der Waals surface area contributed by atoms with E-state index in [-0.39, 0.29) is 5.41 Å². The van der Waals surface area contributed by atoms with Gasteiger partial charge in [0.25, 0.3) is 0 Å². The monoisotopic (exact) mass is 430 g/mol. The molecule has 0 saturated heterocycles. The molecule has 0 aliphatic heterocycles. The molecule has 2 heteroatoms. The molecule has 0 spiro atoms. The fraction of sp³-hybridized carbons (Fsp3) is 0.448. The molecule has 164 valence electrons. The van der Waals surface area contributed by atoms with Crippen molar-refractivity contribution in [3.8, 4) is 0 Å². The molecule has 0 saturated carbocycles. The molecule has 0 bridgehead atoms. The summed E-state index contributed by atoms with van der Waals surface area (Å²) < 4.78 is 6.13. The first kappa shape index (κ1) is 22.1. The van der Waals surface area contributed by atoms with Crippen molar-refractivity contribution in [1.29, 1.82) is 0 Å². The largest absolute Gasteiger partial charge is 0.462 e. The summed E-state index contributed by atoms with van der Waals surface area (Å²) in [6, 6.07) is 11.3. The fourth-order valence-electron chi connectivity index (χ4n) is 5.14. The van der Waals surface area contributed by atoms with E-state index >= 15 is 0 Å². The first-order chi connectivity index (χ1) is 14.4. The summed E-state index contributed by atoms with van der Waals surface area (Å²) in [6.45, 7) is 18.7. The minimum atomic E-state index is -1.43. The van der Waals surface area contributed by atoms with Crippen LogP contribution in [0.5, 0.6) is 0 Å². The van der Waals surface area contributed by atoms with E-state index in [1.807, 2.05) is 6.92 Å². The Morgan fingerprint density at radius 1 is 1.00 bits per heavy atom. The van der Waals surface area contributed by atoms with Crippen LogP contribution in [0.3, 0.4) is 0 Å². The van der Waals surface area contributed by atoms with Crippen LogP contribution in [-0.4, -0.2) is 8.07 Å². The van der Waals surface area contributed by atoms with Gasteiger partial charge in [0.15, 0.2) is 0 Å². The zero-order chi connectivity index (χ0) is 22.6. The average molecular weight is 431 g/mol. The molecule has 1 nitrogen and oxygen atoms in total. The van der Waals surface area contributed by atoms with Gasteiger partial charge in [-0.15, -0.1) is 0 Å². The lowest BCUT2D eigenvalue weighted by Gasteiger charge is -2.23. The van der Waals surface area contributed by atoms with E-state index in [9.17, 15) is 0 Å². The van der Waals surface area contributed by atoms with Gasteiger partial charge in [-0.2, -0.15) is 0 Å². The van der Waals surface area contributed by atoms with Crippen LogP contribution in [0.1, 0.15) is 75.5 Å². The van der Waals surface area contributed by atoms with Gasteiger partial charge in [-0.3, -0.25) is 0 Å². The topological polar surface area (TPSA) is 13.1 Å². The third-order valence-electron chi connectivity index (χ3n) is 7.07. The van der Waals surface area contributed by atoms with Crippen molar-refractivity contribution < 1.29 is 4.42 Å². The predicted molar refractivity (Wildman–Crippen MR) is 138 cm³/mol. The number of aryl methyl sites for hydroxylation is 1. The number of allylic oxidation sites excluding steroid dienone is 5. The van der Waals surface area contributed by atoms with E-state index < -0.39 is 8.07 Å². The molecule has 4 rings (SSSR count).